The van der Waals surface area contributed by atoms with E-state index in [1.807, 2.05) is 0 Å². The molecule has 3 aliphatic rings. The minimum atomic E-state index is -0.967. The molecule has 2 saturated heterocycles. The number of amides is 4. The highest BCUT2D eigenvalue weighted by Crippen LogP contribution is 2.32. The van der Waals surface area contributed by atoms with Crippen molar-refractivity contribution in [3.63, 3.8) is 0 Å². The Morgan fingerprint density at radius 1 is 1.04 bits per heavy atom. The van der Waals surface area contributed by atoms with Crippen LogP contribution in [0.2, 0.25) is 5.02 Å². The van der Waals surface area contributed by atoms with Gasteiger partial charge in [-0.15, -0.1) is 0 Å². The van der Waals surface area contributed by atoms with Gasteiger partial charge in [0, 0.05) is 44.2 Å². The molecule has 8 nitrogen and oxygen atoms in total. The third-order valence-electron chi connectivity index (χ3n) is 5.21. The quantitative estimate of drug-likeness (QED) is 0.713. The lowest BCUT2D eigenvalue weighted by atomic mass is 10.0. The van der Waals surface area contributed by atoms with Crippen LogP contribution in [0.3, 0.4) is 0 Å². The number of imide groups is 2. The fourth-order valence-electron chi connectivity index (χ4n) is 3.77. The van der Waals surface area contributed by atoms with E-state index in [4.69, 9.17) is 11.6 Å². The Balaban J connectivity index is 1.61. The van der Waals surface area contributed by atoms with Gasteiger partial charge in [0.15, 0.2) is 0 Å². The number of piperidine rings is 1. The summed E-state index contributed by atoms with van der Waals surface area (Å²) in [5.74, 6) is -2.06. The van der Waals surface area contributed by atoms with Crippen molar-refractivity contribution in [3.05, 3.63) is 33.8 Å². The summed E-state index contributed by atoms with van der Waals surface area (Å²) in [7, 11) is 0. The van der Waals surface area contributed by atoms with E-state index in [9.17, 15) is 19.2 Å². The standard InChI is InChI=1S/C18H19ClN4O4/c19-13-8-12-11(7-10(13)9-22-5-3-20-4-6-22)17(26)23(18(12)27)14-1-2-15(24)21-16(14)25/h7-8,14,20H,1-6,9H2,(H,21,24,25). The fraction of sp³-hybridized carbons (Fsp3) is 0.444. The van der Waals surface area contributed by atoms with E-state index in [0.717, 1.165) is 36.6 Å². The maximum absolute atomic E-state index is 12.9. The molecule has 1 aromatic carbocycles. The number of hydrogen-bond acceptors (Lipinski definition) is 6. The predicted molar refractivity (Wildman–Crippen MR) is 96.3 cm³/mol. The van der Waals surface area contributed by atoms with Gasteiger partial charge in [-0.1, -0.05) is 11.6 Å². The number of carbonyl (C=O) groups is 4. The summed E-state index contributed by atoms with van der Waals surface area (Å²) in [6.45, 7) is 4.13. The third-order valence-corrected chi connectivity index (χ3v) is 5.56. The Hall–Kier alpha value is -2.29. The first-order valence-electron chi connectivity index (χ1n) is 8.93. The van der Waals surface area contributed by atoms with Gasteiger partial charge in [0.1, 0.15) is 6.04 Å². The number of halogens is 1. The van der Waals surface area contributed by atoms with E-state index >= 15 is 0 Å². The summed E-state index contributed by atoms with van der Waals surface area (Å²) < 4.78 is 0. The van der Waals surface area contributed by atoms with Gasteiger partial charge in [0.05, 0.1) is 11.1 Å². The molecular formula is C18H19ClN4O4. The third kappa shape index (κ3) is 3.24. The Bertz CT molecular complexity index is 850. The first-order chi connectivity index (χ1) is 13.0. The zero-order chi connectivity index (χ0) is 19.1. The van der Waals surface area contributed by atoms with Crippen molar-refractivity contribution in [1.29, 1.82) is 0 Å². The molecule has 3 aliphatic heterocycles. The molecule has 1 atom stereocenters. The highest BCUT2D eigenvalue weighted by molar-refractivity contribution is 6.33. The molecule has 0 aromatic heterocycles. The van der Waals surface area contributed by atoms with Crippen LogP contribution in [-0.4, -0.2) is 65.6 Å². The number of piperazine rings is 1. The van der Waals surface area contributed by atoms with Crippen LogP contribution < -0.4 is 10.6 Å². The predicted octanol–water partition coefficient (Wildman–Crippen LogP) is 0.146. The zero-order valence-electron chi connectivity index (χ0n) is 14.6. The molecule has 142 valence electrons. The molecule has 4 amide bonds. The Morgan fingerprint density at radius 2 is 1.70 bits per heavy atom. The average Bonchev–Trinajstić information content (AvgIpc) is 2.87. The first kappa shape index (κ1) is 18.1. The molecule has 9 heteroatoms. The number of hydrogen-bond donors (Lipinski definition) is 2. The van der Waals surface area contributed by atoms with E-state index in [2.05, 4.69) is 15.5 Å². The molecule has 0 spiro atoms. The Labute approximate surface area is 160 Å². The Morgan fingerprint density at radius 3 is 2.37 bits per heavy atom. The first-order valence-corrected chi connectivity index (χ1v) is 9.30. The van der Waals surface area contributed by atoms with Crippen LogP contribution in [0, 0.1) is 0 Å². The molecule has 4 rings (SSSR count). The summed E-state index contributed by atoms with van der Waals surface area (Å²) >= 11 is 6.37. The second-order valence-corrected chi connectivity index (χ2v) is 7.37. The van der Waals surface area contributed by atoms with E-state index in [1.54, 1.807) is 6.07 Å². The van der Waals surface area contributed by atoms with Crippen molar-refractivity contribution in [3.8, 4) is 0 Å². The lowest BCUT2D eigenvalue weighted by Gasteiger charge is -2.27. The van der Waals surface area contributed by atoms with Crippen LogP contribution in [0.1, 0.15) is 39.1 Å². The van der Waals surface area contributed by atoms with Crippen molar-refractivity contribution in [2.24, 2.45) is 0 Å². The lowest BCUT2D eigenvalue weighted by Crippen LogP contribution is -2.54. The summed E-state index contributed by atoms with van der Waals surface area (Å²) in [6, 6.07) is 2.21. The molecule has 0 bridgehead atoms. The molecular weight excluding hydrogens is 372 g/mol. The maximum atomic E-state index is 12.9. The molecule has 2 N–H and O–H groups in total. The molecule has 2 fully saturated rings. The number of carbonyl (C=O) groups excluding carboxylic acids is 4. The molecule has 0 saturated carbocycles. The largest absolute Gasteiger partial charge is 0.314 e. The molecule has 27 heavy (non-hydrogen) atoms. The van der Waals surface area contributed by atoms with Crippen molar-refractivity contribution in [2.75, 3.05) is 26.2 Å². The van der Waals surface area contributed by atoms with E-state index in [1.165, 1.54) is 6.07 Å². The fourth-order valence-corrected chi connectivity index (χ4v) is 3.99. The van der Waals surface area contributed by atoms with E-state index < -0.39 is 29.7 Å². The molecule has 0 aliphatic carbocycles. The smallest absolute Gasteiger partial charge is 0.262 e. The van der Waals surface area contributed by atoms with Gasteiger partial charge >= 0.3 is 0 Å². The van der Waals surface area contributed by atoms with Crippen LogP contribution in [0.15, 0.2) is 12.1 Å². The number of rotatable bonds is 3. The molecule has 1 aromatic rings. The summed E-state index contributed by atoms with van der Waals surface area (Å²) in [6.07, 6.45) is 0.232. The summed E-state index contributed by atoms with van der Waals surface area (Å²) in [5, 5.41) is 5.89. The number of benzene rings is 1. The van der Waals surface area contributed by atoms with Crippen LogP contribution >= 0.6 is 11.6 Å². The van der Waals surface area contributed by atoms with E-state index in [0.29, 0.717) is 11.6 Å². The highest BCUT2D eigenvalue weighted by Gasteiger charge is 2.45. The molecule has 3 heterocycles. The van der Waals surface area contributed by atoms with Crippen LogP contribution in [0.4, 0.5) is 0 Å². The number of nitrogens with one attached hydrogen (secondary N) is 2. The van der Waals surface area contributed by atoms with Gasteiger partial charge < -0.3 is 5.32 Å². The molecule has 1 unspecified atom stereocenters. The van der Waals surface area contributed by atoms with Crippen LogP contribution in [0.5, 0.6) is 0 Å². The van der Waals surface area contributed by atoms with Crippen molar-refractivity contribution in [2.45, 2.75) is 25.4 Å². The molecule has 0 radical (unpaired) electrons. The minimum absolute atomic E-state index is 0.0960. The highest BCUT2D eigenvalue weighted by atomic mass is 35.5. The number of nitrogens with zero attached hydrogens (tertiary/aromatic N) is 2. The topological polar surface area (TPSA) is 98.8 Å². The van der Waals surface area contributed by atoms with Gasteiger partial charge in [-0.05, 0) is 24.1 Å². The van der Waals surface area contributed by atoms with Gasteiger partial charge in [0.2, 0.25) is 11.8 Å². The van der Waals surface area contributed by atoms with Gasteiger partial charge in [-0.2, -0.15) is 0 Å². The SMILES string of the molecule is O=C1CCC(N2C(=O)c3cc(Cl)c(CN4CCNCC4)cc3C2=O)C(=O)N1. The monoisotopic (exact) mass is 390 g/mol. The number of fused-ring (bicyclic) bond motifs is 1. The summed E-state index contributed by atoms with van der Waals surface area (Å²) in [5.41, 5.74) is 1.25. The second-order valence-electron chi connectivity index (χ2n) is 6.96. The van der Waals surface area contributed by atoms with Crippen molar-refractivity contribution >= 4 is 35.2 Å². The Kier molecular flexibility index (Phi) is 4.71. The van der Waals surface area contributed by atoms with Crippen molar-refractivity contribution in [1.82, 2.24) is 20.4 Å². The second kappa shape index (κ2) is 7.03. The minimum Gasteiger partial charge on any atom is -0.314 e. The summed E-state index contributed by atoms with van der Waals surface area (Å²) in [4.78, 5) is 52.3. The normalized spacial score (nSPS) is 23.6. The maximum Gasteiger partial charge on any atom is 0.262 e. The van der Waals surface area contributed by atoms with Crippen LogP contribution in [0.25, 0.3) is 0 Å². The van der Waals surface area contributed by atoms with Gasteiger partial charge in [-0.3, -0.25) is 34.3 Å². The lowest BCUT2D eigenvalue weighted by molar-refractivity contribution is -0.136. The van der Waals surface area contributed by atoms with E-state index in [-0.39, 0.29) is 24.0 Å². The van der Waals surface area contributed by atoms with Crippen LogP contribution in [-0.2, 0) is 16.1 Å². The average molecular weight is 391 g/mol. The van der Waals surface area contributed by atoms with Gasteiger partial charge in [-0.25, -0.2) is 0 Å². The van der Waals surface area contributed by atoms with Crippen molar-refractivity contribution < 1.29 is 19.2 Å². The zero-order valence-corrected chi connectivity index (χ0v) is 15.3. The van der Waals surface area contributed by atoms with Gasteiger partial charge in [0.25, 0.3) is 11.8 Å².